The Balaban J connectivity index is 1.48. The molecule has 1 N–H and O–H groups in total. The van der Waals surface area contributed by atoms with Gasteiger partial charge in [0.2, 0.25) is 6.79 Å². The topological polar surface area (TPSA) is 85.3 Å². The Morgan fingerprint density at radius 1 is 0.914 bits per heavy atom. The summed E-state index contributed by atoms with van der Waals surface area (Å²) in [5.41, 5.74) is 2.71. The number of ether oxygens (including phenoxy) is 3. The van der Waals surface area contributed by atoms with Crippen LogP contribution >= 0.6 is 0 Å². The van der Waals surface area contributed by atoms with Gasteiger partial charge in [-0.25, -0.2) is 4.79 Å². The van der Waals surface area contributed by atoms with Crippen LogP contribution in [-0.2, 0) is 5.41 Å². The van der Waals surface area contributed by atoms with Crippen molar-refractivity contribution in [3.8, 4) is 17.2 Å². The number of anilines is 1. The lowest BCUT2D eigenvalue weighted by Crippen LogP contribution is -2.32. The van der Waals surface area contributed by atoms with Gasteiger partial charge in [0.15, 0.2) is 11.5 Å². The molecule has 1 aliphatic heterocycles. The van der Waals surface area contributed by atoms with Crippen LogP contribution < -0.4 is 19.1 Å². The van der Waals surface area contributed by atoms with Crippen LogP contribution in [0.3, 0.4) is 0 Å². The monoisotopic (exact) mass is 475 g/mol. The zero-order valence-corrected chi connectivity index (χ0v) is 20.1. The minimum atomic E-state index is -0.980. The van der Waals surface area contributed by atoms with Gasteiger partial charge in [-0.1, -0.05) is 32.9 Å². The molecule has 1 amide bonds. The molecule has 4 rings (SSSR count). The second-order valence-electron chi connectivity index (χ2n) is 9.35. The number of fused-ring (bicyclic) bond motifs is 1. The van der Waals surface area contributed by atoms with Crippen molar-refractivity contribution >= 4 is 17.6 Å². The lowest BCUT2D eigenvalue weighted by molar-refractivity contribution is 0.0696. The van der Waals surface area contributed by atoms with Crippen molar-refractivity contribution in [1.29, 1.82) is 0 Å². The summed E-state index contributed by atoms with van der Waals surface area (Å²) in [5, 5.41) is 9.03. The van der Waals surface area contributed by atoms with Crippen molar-refractivity contribution < 1.29 is 28.9 Å². The highest BCUT2D eigenvalue weighted by Gasteiger charge is 2.22. The summed E-state index contributed by atoms with van der Waals surface area (Å²) in [4.78, 5) is 26.3. The molecule has 0 bridgehead atoms. The number of carbonyl (C=O) groups excluding carboxylic acids is 1. The van der Waals surface area contributed by atoms with Gasteiger partial charge in [0.05, 0.1) is 12.2 Å². The van der Waals surface area contributed by atoms with Crippen molar-refractivity contribution in [1.82, 2.24) is 0 Å². The van der Waals surface area contributed by atoms with E-state index < -0.39 is 5.97 Å². The van der Waals surface area contributed by atoms with E-state index in [2.05, 4.69) is 32.9 Å². The van der Waals surface area contributed by atoms with Gasteiger partial charge in [-0.05, 0) is 72.0 Å². The van der Waals surface area contributed by atoms with E-state index >= 15 is 0 Å². The molecule has 1 heterocycles. The molecule has 0 saturated carbocycles. The van der Waals surface area contributed by atoms with E-state index in [0.29, 0.717) is 42.4 Å². The summed E-state index contributed by atoms with van der Waals surface area (Å²) < 4.78 is 16.6. The third kappa shape index (κ3) is 5.74. The van der Waals surface area contributed by atoms with Crippen LogP contribution in [0, 0.1) is 0 Å². The summed E-state index contributed by atoms with van der Waals surface area (Å²) in [6.07, 6.45) is 0.581. The fourth-order valence-electron chi connectivity index (χ4n) is 3.78. The Hall–Kier alpha value is -4.00. The summed E-state index contributed by atoms with van der Waals surface area (Å²) in [6.45, 7) is 7.41. The molecule has 3 aromatic carbocycles. The molecule has 0 unspecified atom stereocenters. The maximum Gasteiger partial charge on any atom is 0.335 e. The minimum Gasteiger partial charge on any atom is -0.494 e. The zero-order chi connectivity index (χ0) is 25.0. The van der Waals surface area contributed by atoms with Crippen molar-refractivity contribution in [2.45, 2.75) is 32.6 Å². The van der Waals surface area contributed by atoms with Crippen LogP contribution in [0.5, 0.6) is 17.2 Å². The van der Waals surface area contributed by atoms with Gasteiger partial charge in [-0.15, -0.1) is 0 Å². The maximum atomic E-state index is 13.5. The third-order valence-electron chi connectivity index (χ3n) is 5.81. The lowest BCUT2D eigenvalue weighted by atomic mass is 9.87. The number of rotatable bonds is 8. The maximum absolute atomic E-state index is 13.5. The van der Waals surface area contributed by atoms with Crippen LogP contribution in [0.2, 0.25) is 0 Å². The number of carbonyl (C=O) groups is 2. The highest BCUT2D eigenvalue weighted by Crippen LogP contribution is 2.33. The fourth-order valence-corrected chi connectivity index (χ4v) is 3.78. The van der Waals surface area contributed by atoms with Gasteiger partial charge in [0, 0.05) is 17.8 Å². The predicted molar refractivity (Wildman–Crippen MR) is 133 cm³/mol. The summed E-state index contributed by atoms with van der Waals surface area (Å²) >= 11 is 0. The number of carboxylic acids is 1. The smallest absolute Gasteiger partial charge is 0.335 e. The molecule has 7 nitrogen and oxygen atoms in total. The first-order chi connectivity index (χ1) is 16.7. The van der Waals surface area contributed by atoms with Gasteiger partial charge in [-0.3, -0.25) is 4.79 Å². The number of benzene rings is 3. The molecule has 0 spiro atoms. The van der Waals surface area contributed by atoms with Gasteiger partial charge in [0.25, 0.3) is 5.91 Å². The molecule has 7 heteroatoms. The number of nitrogens with zero attached hydrogens (tertiary/aromatic N) is 1. The van der Waals surface area contributed by atoms with E-state index in [9.17, 15) is 9.59 Å². The summed E-state index contributed by atoms with van der Waals surface area (Å²) in [5.74, 6) is 0.652. The summed E-state index contributed by atoms with van der Waals surface area (Å²) in [7, 11) is 0. The molecule has 182 valence electrons. The van der Waals surface area contributed by atoms with E-state index in [1.807, 2.05) is 12.1 Å². The molecular formula is C28H29NO6. The largest absolute Gasteiger partial charge is 0.494 e. The molecule has 0 atom stereocenters. The first-order valence-electron chi connectivity index (χ1n) is 11.5. The first kappa shape index (κ1) is 24.1. The zero-order valence-electron chi connectivity index (χ0n) is 20.1. The van der Waals surface area contributed by atoms with Crippen LogP contribution in [0.1, 0.15) is 53.5 Å². The van der Waals surface area contributed by atoms with Crippen molar-refractivity contribution in [3.05, 3.63) is 83.4 Å². The number of carboxylic acid groups (broad SMARTS) is 1. The van der Waals surface area contributed by atoms with Crippen LogP contribution in [-0.4, -0.2) is 36.9 Å². The number of aromatic carboxylic acids is 1. The molecule has 1 aliphatic rings. The van der Waals surface area contributed by atoms with E-state index in [1.54, 1.807) is 35.2 Å². The molecule has 0 aliphatic carbocycles. The highest BCUT2D eigenvalue weighted by molar-refractivity contribution is 6.06. The fraction of sp³-hybridized carbons (Fsp3) is 0.286. The lowest BCUT2D eigenvalue weighted by Gasteiger charge is -2.25. The molecular weight excluding hydrogens is 446 g/mol. The Kier molecular flexibility index (Phi) is 6.96. The molecule has 0 aromatic heterocycles. The first-order valence-corrected chi connectivity index (χ1v) is 11.5. The number of amides is 1. The Labute approximate surface area is 204 Å². The quantitative estimate of drug-likeness (QED) is 0.432. The van der Waals surface area contributed by atoms with Crippen LogP contribution in [0.4, 0.5) is 5.69 Å². The van der Waals surface area contributed by atoms with E-state index in [-0.39, 0.29) is 23.7 Å². The normalized spacial score (nSPS) is 12.3. The van der Waals surface area contributed by atoms with Crippen molar-refractivity contribution in [3.63, 3.8) is 0 Å². The van der Waals surface area contributed by atoms with Crippen molar-refractivity contribution in [2.75, 3.05) is 24.8 Å². The summed E-state index contributed by atoms with van der Waals surface area (Å²) in [6, 6.07) is 19.5. The van der Waals surface area contributed by atoms with Gasteiger partial charge in [-0.2, -0.15) is 0 Å². The van der Waals surface area contributed by atoms with Gasteiger partial charge in [0.1, 0.15) is 5.75 Å². The van der Waals surface area contributed by atoms with E-state index in [0.717, 1.165) is 5.69 Å². The third-order valence-corrected chi connectivity index (χ3v) is 5.81. The van der Waals surface area contributed by atoms with E-state index in [1.165, 1.54) is 17.7 Å². The highest BCUT2D eigenvalue weighted by atomic mass is 16.7. The molecule has 0 radical (unpaired) electrons. The predicted octanol–water partition coefficient (Wildman–Crippen LogP) is 5.53. The average Bonchev–Trinajstić information content (AvgIpc) is 3.31. The molecule has 35 heavy (non-hydrogen) atoms. The van der Waals surface area contributed by atoms with Gasteiger partial charge >= 0.3 is 5.97 Å². The second-order valence-corrected chi connectivity index (χ2v) is 9.35. The Morgan fingerprint density at radius 3 is 2.23 bits per heavy atom. The molecule has 0 saturated heterocycles. The van der Waals surface area contributed by atoms with Crippen molar-refractivity contribution in [2.24, 2.45) is 0 Å². The standard InChI is InChI=1S/C28H29NO6/c1-28(2,3)21-8-10-22(11-9-21)29(26(30)20-7-14-24-25(17-20)35-18-34-24)15-4-16-33-23-12-5-19(6-13-23)27(31)32/h5-14,17H,4,15-16,18H2,1-3H3,(H,31,32). The SMILES string of the molecule is CC(C)(C)c1ccc(N(CCCOc2ccc(C(=O)O)cc2)C(=O)c2ccc3c(c2)OCO3)cc1. The Morgan fingerprint density at radius 2 is 1.57 bits per heavy atom. The van der Waals surface area contributed by atoms with Crippen LogP contribution in [0.15, 0.2) is 66.7 Å². The Bertz CT molecular complexity index is 1200. The number of hydrogen-bond donors (Lipinski definition) is 1. The minimum absolute atomic E-state index is 0.00865. The molecule has 0 fully saturated rings. The number of hydrogen-bond acceptors (Lipinski definition) is 5. The molecule has 3 aromatic rings. The van der Waals surface area contributed by atoms with E-state index in [4.69, 9.17) is 19.3 Å². The van der Waals surface area contributed by atoms with Crippen LogP contribution in [0.25, 0.3) is 0 Å². The average molecular weight is 476 g/mol. The second kappa shape index (κ2) is 10.1. The van der Waals surface area contributed by atoms with Gasteiger partial charge < -0.3 is 24.2 Å².